The van der Waals surface area contributed by atoms with Crippen molar-refractivity contribution < 1.29 is 9.90 Å². The fourth-order valence-corrected chi connectivity index (χ4v) is 3.42. The number of hydrogen-bond donors (Lipinski definition) is 1. The molecular formula is C13H18O2S. The topological polar surface area (TPSA) is 37.3 Å². The van der Waals surface area contributed by atoms with Crippen LogP contribution in [0.2, 0.25) is 0 Å². The molecule has 3 atom stereocenters. The van der Waals surface area contributed by atoms with Crippen LogP contribution in [0.1, 0.15) is 30.0 Å². The van der Waals surface area contributed by atoms with Crippen molar-refractivity contribution in [3.63, 3.8) is 0 Å². The average Bonchev–Trinajstić information content (AvgIpc) is 2.94. The Morgan fingerprint density at radius 2 is 2.25 bits per heavy atom. The lowest BCUT2D eigenvalue weighted by Crippen LogP contribution is -2.07. The second-order valence-electron chi connectivity index (χ2n) is 4.75. The number of thiophene rings is 1. The van der Waals surface area contributed by atoms with Crippen LogP contribution in [0.5, 0.6) is 0 Å². The molecule has 2 rings (SSSR count). The van der Waals surface area contributed by atoms with E-state index in [1.54, 1.807) is 0 Å². The Hall–Kier alpha value is -0.830. The highest BCUT2D eigenvalue weighted by Crippen LogP contribution is 2.45. The van der Waals surface area contributed by atoms with Crippen molar-refractivity contribution >= 4 is 17.3 Å². The van der Waals surface area contributed by atoms with E-state index in [0.29, 0.717) is 11.8 Å². The van der Waals surface area contributed by atoms with Crippen LogP contribution in [0.4, 0.5) is 0 Å². The fourth-order valence-electron chi connectivity index (χ4n) is 2.32. The van der Waals surface area contributed by atoms with Gasteiger partial charge in [0.25, 0.3) is 0 Å². The lowest BCUT2D eigenvalue weighted by molar-refractivity contribution is -0.139. The second-order valence-corrected chi connectivity index (χ2v) is 6.00. The van der Waals surface area contributed by atoms with E-state index in [1.807, 2.05) is 11.3 Å². The van der Waals surface area contributed by atoms with E-state index in [0.717, 1.165) is 19.3 Å². The first-order valence-electron chi connectivity index (χ1n) is 5.92. The molecule has 3 unspecified atom stereocenters. The zero-order chi connectivity index (χ0) is 11.7. The molecule has 0 radical (unpaired) electrons. The minimum Gasteiger partial charge on any atom is -0.481 e. The largest absolute Gasteiger partial charge is 0.481 e. The van der Waals surface area contributed by atoms with Gasteiger partial charge < -0.3 is 5.11 Å². The first kappa shape index (κ1) is 11.6. The van der Waals surface area contributed by atoms with Gasteiger partial charge in [-0.15, -0.1) is 11.3 Å². The van der Waals surface area contributed by atoms with Crippen LogP contribution in [0.3, 0.4) is 0 Å². The molecule has 1 aromatic heterocycles. The molecule has 1 saturated carbocycles. The highest BCUT2D eigenvalue weighted by Gasteiger charge is 2.46. The van der Waals surface area contributed by atoms with E-state index in [2.05, 4.69) is 26.0 Å². The summed E-state index contributed by atoms with van der Waals surface area (Å²) in [5.74, 6) is 0.229. The van der Waals surface area contributed by atoms with E-state index in [9.17, 15) is 4.79 Å². The molecule has 0 amide bonds. The monoisotopic (exact) mass is 238 g/mol. The number of rotatable bonds is 5. The lowest BCUT2D eigenvalue weighted by atomic mass is 10.00. The summed E-state index contributed by atoms with van der Waals surface area (Å²) in [5, 5.41) is 8.88. The number of carboxylic acids is 1. The fraction of sp³-hybridized carbons (Fsp3) is 0.615. The summed E-state index contributed by atoms with van der Waals surface area (Å²) in [6.07, 6.45) is 3.02. The van der Waals surface area contributed by atoms with E-state index < -0.39 is 5.97 Å². The van der Waals surface area contributed by atoms with Gasteiger partial charge in [0.05, 0.1) is 5.92 Å². The van der Waals surface area contributed by atoms with Gasteiger partial charge in [-0.25, -0.2) is 0 Å². The quantitative estimate of drug-likeness (QED) is 0.855. The predicted molar refractivity (Wildman–Crippen MR) is 65.8 cm³/mol. The van der Waals surface area contributed by atoms with Gasteiger partial charge in [-0.1, -0.05) is 13.8 Å². The van der Waals surface area contributed by atoms with E-state index in [1.165, 1.54) is 9.75 Å². The molecule has 1 N–H and O–H groups in total. The zero-order valence-corrected chi connectivity index (χ0v) is 10.6. The third kappa shape index (κ3) is 2.46. The van der Waals surface area contributed by atoms with Gasteiger partial charge in [0.1, 0.15) is 0 Å². The first-order chi connectivity index (χ1) is 7.61. The molecule has 1 aliphatic rings. The van der Waals surface area contributed by atoms with Crippen molar-refractivity contribution in [1.82, 2.24) is 0 Å². The summed E-state index contributed by atoms with van der Waals surface area (Å²) in [6, 6.07) is 4.38. The Morgan fingerprint density at radius 1 is 1.56 bits per heavy atom. The van der Waals surface area contributed by atoms with Gasteiger partial charge in [-0.2, -0.15) is 0 Å². The summed E-state index contributed by atoms with van der Waals surface area (Å²) in [6.45, 7) is 4.35. The molecule has 0 spiro atoms. The minimum atomic E-state index is -0.614. The van der Waals surface area contributed by atoms with Crippen molar-refractivity contribution in [2.75, 3.05) is 0 Å². The Bertz CT molecular complexity index is 383. The maximum Gasteiger partial charge on any atom is 0.306 e. The van der Waals surface area contributed by atoms with Crippen molar-refractivity contribution in [2.24, 2.45) is 17.8 Å². The summed E-state index contributed by atoms with van der Waals surface area (Å²) in [4.78, 5) is 13.6. The molecule has 1 heterocycles. The average molecular weight is 238 g/mol. The minimum absolute atomic E-state index is 0.0689. The highest BCUT2D eigenvalue weighted by molar-refractivity contribution is 7.11. The molecule has 1 fully saturated rings. The molecule has 16 heavy (non-hydrogen) atoms. The van der Waals surface area contributed by atoms with Crippen LogP contribution >= 0.6 is 11.3 Å². The van der Waals surface area contributed by atoms with Gasteiger partial charge in [0.15, 0.2) is 0 Å². The highest BCUT2D eigenvalue weighted by atomic mass is 32.1. The van der Waals surface area contributed by atoms with E-state index in [4.69, 9.17) is 5.11 Å². The molecule has 3 heteroatoms. The molecule has 0 aromatic carbocycles. The number of carbonyl (C=O) groups is 1. The number of aliphatic carboxylic acids is 1. The van der Waals surface area contributed by atoms with Crippen LogP contribution in [-0.2, 0) is 17.6 Å². The van der Waals surface area contributed by atoms with Crippen molar-refractivity contribution in [3.05, 3.63) is 21.9 Å². The van der Waals surface area contributed by atoms with Crippen molar-refractivity contribution in [2.45, 2.75) is 33.1 Å². The van der Waals surface area contributed by atoms with Crippen LogP contribution in [0.15, 0.2) is 12.1 Å². The predicted octanol–water partition coefficient (Wildman–Crippen LogP) is 3.21. The normalized spacial score (nSPS) is 25.4. The standard InChI is InChI=1S/C13H18O2S/c1-3-9-4-5-10(16-9)6-8(2)11-7-12(11)13(14)15/h4-5,8,11-12H,3,6-7H2,1-2H3,(H,14,15). The third-order valence-corrected chi connectivity index (χ3v) is 4.73. The van der Waals surface area contributed by atoms with Gasteiger partial charge in [-0.3, -0.25) is 4.79 Å². The molecule has 88 valence electrons. The number of aryl methyl sites for hydroxylation is 1. The Morgan fingerprint density at radius 3 is 2.75 bits per heavy atom. The zero-order valence-electron chi connectivity index (χ0n) is 9.77. The van der Waals surface area contributed by atoms with Crippen molar-refractivity contribution in [1.29, 1.82) is 0 Å². The van der Waals surface area contributed by atoms with Crippen LogP contribution in [0.25, 0.3) is 0 Å². The Balaban J connectivity index is 1.88. The van der Waals surface area contributed by atoms with Gasteiger partial charge >= 0.3 is 5.97 Å². The molecule has 0 aliphatic heterocycles. The van der Waals surface area contributed by atoms with E-state index in [-0.39, 0.29) is 5.92 Å². The summed E-state index contributed by atoms with van der Waals surface area (Å²) in [5.41, 5.74) is 0. The summed E-state index contributed by atoms with van der Waals surface area (Å²) < 4.78 is 0. The SMILES string of the molecule is CCc1ccc(CC(C)C2CC2C(=O)O)s1. The molecule has 1 aliphatic carbocycles. The van der Waals surface area contributed by atoms with E-state index >= 15 is 0 Å². The second kappa shape index (κ2) is 4.58. The molecule has 0 bridgehead atoms. The van der Waals surface area contributed by atoms with Gasteiger partial charge in [-0.05, 0) is 43.2 Å². The molecule has 1 aromatic rings. The Labute approximate surface area is 100 Å². The maximum absolute atomic E-state index is 10.8. The van der Waals surface area contributed by atoms with Crippen LogP contribution in [0, 0.1) is 17.8 Å². The summed E-state index contributed by atoms with van der Waals surface area (Å²) >= 11 is 1.87. The molecular weight excluding hydrogens is 220 g/mol. The van der Waals surface area contributed by atoms with Gasteiger partial charge in [0, 0.05) is 9.75 Å². The number of carboxylic acid groups (broad SMARTS) is 1. The Kier molecular flexibility index (Phi) is 3.33. The first-order valence-corrected chi connectivity index (χ1v) is 6.73. The van der Waals surface area contributed by atoms with Gasteiger partial charge in [0.2, 0.25) is 0 Å². The number of hydrogen-bond acceptors (Lipinski definition) is 2. The third-order valence-electron chi connectivity index (χ3n) is 3.48. The molecule has 2 nitrogen and oxygen atoms in total. The molecule has 0 saturated heterocycles. The maximum atomic E-state index is 10.8. The summed E-state index contributed by atoms with van der Waals surface area (Å²) in [7, 11) is 0. The van der Waals surface area contributed by atoms with Crippen LogP contribution < -0.4 is 0 Å². The van der Waals surface area contributed by atoms with Crippen LogP contribution in [-0.4, -0.2) is 11.1 Å². The van der Waals surface area contributed by atoms with Crippen molar-refractivity contribution in [3.8, 4) is 0 Å². The smallest absolute Gasteiger partial charge is 0.306 e. The lowest BCUT2D eigenvalue weighted by Gasteiger charge is -2.08.